The molecule has 0 spiro atoms. The fourth-order valence-electron chi connectivity index (χ4n) is 1.71. The molecule has 0 aliphatic heterocycles. The van der Waals surface area contributed by atoms with Crippen LogP contribution in [0.3, 0.4) is 0 Å². The van der Waals surface area contributed by atoms with E-state index in [2.05, 4.69) is 15.9 Å². The fraction of sp³-hybridized carbons (Fsp3) is 0.231. The van der Waals surface area contributed by atoms with Gasteiger partial charge in [-0.25, -0.2) is 4.39 Å². The average Bonchev–Trinajstić information content (AvgIpc) is 2.68. The van der Waals surface area contributed by atoms with Crippen molar-refractivity contribution in [2.45, 2.75) is 19.4 Å². The number of rotatable bonds is 3. The lowest BCUT2D eigenvalue weighted by atomic mass is 10.0. The van der Waals surface area contributed by atoms with Crippen LogP contribution in [0.2, 0.25) is 0 Å². The Labute approximate surface area is 107 Å². The van der Waals surface area contributed by atoms with Crippen LogP contribution >= 0.6 is 15.9 Å². The Bertz CT molecular complexity index is 522. The lowest BCUT2D eigenvalue weighted by Gasteiger charge is -2.10. The molecule has 2 nitrogen and oxygen atoms in total. The lowest BCUT2D eigenvalue weighted by Crippen LogP contribution is -2.03. The molecule has 90 valence electrons. The molecule has 1 N–H and O–H groups in total. The highest BCUT2D eigenvalue weighted by atomic mass is 79.9. The zero-order chi connectivity index (χ0) is 12.4. The number of halogens is 2. The molecule has 1 atom stereocenters. The third-order valence-electron chi connectivity index (χ3n) is 2.63. The van der Waals surface area contributed by atoms with E-state index >= 15 is 0 Å². The summed E-state index contributed by atoms with van der Waals surface area (Å²) in [6.45, 7) is 1.85. The highest BCUT2D eigenvalue weighted by Gasteiger charge is 2.16. The van der Waals surface area contributed by atoms with Gasteiger partial charge in [0.05, 0.1) is 6.26 Å². The molecule has 1 aromatic carbocycles. The number of aliphatic hydroxyl groups is 1. The first-order valence-corrected chi connectivity index (χ1v) is 6.03. The Morgan fingerprint density at radius 1 is 1.41 bits per heavy atom. The van der Waals surface area contributed by atoms with Gasteiger partial charge in [0.2, 0.25) is 0 Å². The van der Waals surface area contributed by atoms with Gasteiger partial charge in [0.15, 0.2) is 0 Å². The topological polar surface area (TPSA) is 33.4 Å². The van der Waals surface area contributed by atoms with Crippen LogP contribution in [-0.2, 0) is 6.42 Å². The molecular formula is C13H12BrFO2. The van der Waals surface area contributed by atoms with Crippen molar-refractivity contribution in [3.05, 3.63) is 57.7 Å². The van der Waals surface area contributed by atoms with E-state index in [1.807, 2.05) is 6.92 Å². The second kappa shape index (κ2) is 5.02. The van der Waals surface area contributed by atoms with Crippen LogP contribution < -0.4 is 0 Å². The van der Waals surface area contributed by atoms with Crippen molar-refractivity contribution in [2.75, 3.05) is 0 Å². The maximum atomic E-state index is 13.6. The van der Waals surface area contributed by atoms with E-state index in [4.69, 9.17) is 4.42 Å². The monoisotopic (exact) mass is 298 g/mol. The summed E-state index contributed by atoms with van der Waals surface area (Å²) in [5.41, 5.74) is 1.34. The minimum absolute atomic E-state index is 0.202. The van der Waals surface area contributed by atoms with Gasteiger partial charge in [-0.1, -0.05) is 22.0 Å². The van der Waals surface area contributed by atoms with Crippen LogP contribution in [-0.4, -0.2) is 5.11 Å². The van der Waals surface area contributed by atoms with Crippen LogP contribution in [0.25, 0.3) is 0 Å². The molecule has 1 aromatic heterocycles. The highest BCUT2D eigenvalue weighted by molar-refractivity contribution is 9.10. The fourth-order valence-corrected chi connectivity index (χ4v) is 2.05. The summed E-state index contributed by atoms with van der Waals surface area (Å²) in [5, 5.41) is 9.97. The molecule has 0 aliphatic rings. The van der Waals surface area contributed by atoms with Gasteiger partial charge in [0.25, 0.3) is 0 Å². The predicted molar refractivity (Wildman–Crippen MR) is 66.2 cm³/mol. The summed E-state index contributed by atoms with van der Waals surface area (Å²) < 4.78 is 19.4. The quantitative estimate of drug-likeness (QED) is 0.936. The van der Waals surface area contributed by atoms with E-state index in [0.29, 0.717) is 15.8 Å². The number of hydrogen-bond acceptors (Lipinski definition) is 2. The molecule has 17 heavy (non-hydrogen) atoms. The van der Waals surface area contributed by atoms with E-state index in [1.165, 1.54) is 12.3 Å². The molecule has 2 aromatic rings. The Hall–Kier alpha value is -1.13. The maximum absolute atomic E-state index is 13.6. The molecule has 0 bridgehead atoms. The molecule has 4 heteroatoms. The molecular weight excluding hydrogens is 287 g/mol. The summed E-state index contributed by atoms with van der Waals surface area (Å²) in [5.74, 6) is 0.162. The lowest BCUT2D eigenvalue weighted by molar-refractivity contribution is 0.148. The zero-order valence-corrected chi connectivity index (χ0v) is 10.9. The Balaban J connectivity index is 2.19. The van der Waals surface area contributed by atoms with Crippen LogP contribution in [0.5, 0.6) is 0 Å². The van der Waals surface area contributed by atoms with E-state index in [-0.39, 0.29) is 12.2 Å². The second-order valence-corrected chi connectivity index (χ2v) is 4.84. The smallest absolute Gasteiger partial charge is 0.135 e. The van der Waals surface area contributed by atoms with Crippen LogP contribution in [0.4, 0.5) is 4.39 Å². The van der Waals surface area contributed by atoms with Crippen LogP contribution in [0.1, 0.15) is 23.0 Å². The first-order valence-electron chi connectivity index (χ1n) is 5.24. The molecule has 1 heterocycles. The first-order chi connectivity index (χ1) is 8.08. The molecule has 2 rings (SSSR count). The number of hydrogen-bond donors (Lipinski definition) is 1. The number of aryl methyl sites for hydroxylation is 1. The Morgan fingerprint density at radius 3 is 2.76 bits per heavy atom. The van der Waals surface area contributed by atoms with Crippen molar-refractivity contribution in [1.82, 2.24) is 0 Å². The summed E-state index contributed by atoms with van der Waals surface area (Å²) in [7, 11) is 0. The Morgan fingerprint density at radius 2 is 2.18 bits per heavy atom. The van der Waals surface area contributed by atoms with Crippen molar-refractivity contribution >= 4 is 15.9 Å². The highest BCUT2D eigenvalue weighted by Crippen LogP contribution is 2.24. The molecule has 1 unspecified atom stereocenters. The number of aliphatic hydroxyl groups excluding tert-OH is 1. The molecule has 0 aliphatic carbocycles. The normalized spacial score (nSPS) is 12.7. The third-order valence-corrected chi connectivity index (χ3v) is 3.13. The van der Waals surface area contributed by atoms with Gasteiger partial charge in [-0.2, -0.15) is 0 Å². The third kappa shape index (κ3) is 2.76. The van der Waals surface area contributed by atoms with E-state index < -0.39 is 6.10 Å². The van der Waals surface area contributed by atoms with Crippen molar-refractivity contribution < 1.29 is 13.9 Å². The molecule has 0 radical (unpaired) electrons. The molecule has 0 amide bonds. The zero-order valence-electron chi connectivity index (χ0n) is 9.28. The minimum Gasteiger partial charge on any atom is -0.466 e. The van der Waals surface area contributed by atoms with Crippen LogP contribution in [0.15, 0.2) is 39.4 Å². The minimum atomic E-state index is -0.819. The van der Waals surface area contributed by atoms with E-state index in [1.54, 1.807) is 18.2 Å². The second-order valence-electron chi connectivity index (χ2n) is 3.92. The number of furan rings is 1. The van der Waals surface area contributed by atoms with Gasteiger partial charge in [-0.05, 0) is 36.2 Å². The van der Waals surface area contributed by atoms with Crippen molar-refractivity contribution in [2.24, 2.45) is 0 Å². The first kappa shape index (κ1) is 12.3. The number of benzene rings is 1. The molecule has 0 saturated heterocycles. The predicted octanol–water partition coefficient (Wildman–Crippen LogP) is 3.77. The summed E-state index contributed by atoms with van der Waals surface area (Å²) >= 11 is 3.19. The van der Waals surface area contributed by atoms with Crippen molar-refractivity contribution in [3.8, 4) is 0 Å². The molecule has 0 saturated carbocycles. The SMILES string of the molecule is Cc1ccoc1C(O)Cc1ccc(Br)cc1F. The maximum Gasteiger partial charge on any atom is 0.135 e. The average molecular weight is 299 g/mol. The van der Waals surface area contributed by atoms with Gasteiger partial charge in [-0.15, -0.1) is 0 Å². The van der Waals surface area contributed by atoms with E-state index in [0.717, 1.165) is 5.56 Å². The summed E-state index contributed by atoms with van der Waals surface area (Å²) in [6, 6.07) is 6.56. The van der Waals surface area contributed by atoms with Gasteiger partial charge in [0.1, 0.15) is 17.7 Å². The van der Waals surface area contributed by atoms with Gasteiger partial charge in [-0.3, -0.25) is 0 Å². The standard InChI is InChI=1S/C13H12BrFO2/c1-8-4-5-17-13(8)12(16)6-9-2-3-10(14)7-11(9)15/h2-5,7,12,16H,6H2,1H3. The largest absolute Gasteiger partial charge is 0.466 e. The van der Waals surface area contributed by atoms with Crippen molar-refractivity contribution in [1.29, 1.82) is 0 Å². The van der Waals surface area contributed by atoms with Gasteiger partial charge in [0, 0.05) is 10.9 Å². The van der Waals surface area contributed by atoms with Gasteiger partial charge < -0.3 is 9.52 Å². The summed E-state index contributed by atoms with van der Waals surface area (Å²) in [6.07, 6.45) is 0.903. The van der Waals surface area contributed by atoms with Crippen molar-refractivity contribution in [3.63, 3.8) is 0 Å². The van der Waals surface area contributed by atoms with Gasteiger partial charge >= 0.3 is 0 Å². The molecule has 0 fully saturated rings. The van der Waals surface area contributed by atoms with E-state index in [9.17, 15) is 9.50 Å². The summed E-state index contributed by atoms with van der Waals surface area (Å²) in [4.78, 5) is 0. The van der Waals surface area contributed by atoms with Crippen LogP contribution in [0, 0.1) is 12.7 Å². The Kier molecular flexibility index (Phi) is 3.64.